The Bertz CT molecular complexity index is 301. The maximum atomic E-state index is 11.9. The lowest BCUT2D eigenvalue weighted by Crippen LogP contribution is -2.43. The van der Waals surface area contributed by atoms with E-state index in [1.165, 1.54) is 12.8 Å². The van der Waals surface area contributed by atoms with Gasteiger partial charge in [0.1, 0.15) is 0 Å². The summed E-state index contributed by atoms with van der Waals surface area (Å²) >= 11 is 0. The van der Waals surface area contributed by atoms with Gasteiger partial charge in [-0.1, -0.05) is 5.92 Å². The van der Waals surface area contributed by atoms with Gasteiger partial charge in [-0.2, -0.15) is 0 Å². The Hall–Kier alpha value is -1.21. The number of rotatable bonds is 5. The Morgan fingerprint density at radius 3 is 2.88 bits per heavy atom. The minimum absolute atomic E-state index is 0.0506. The van der Waals surface area contributed by atoms with E-state index in [0.29, 0.717) is 19.0 Å². The zero-order valence-corrected chi connectivity index (χ0v) is 10.2. The summed E-state index contributed by atoms with van der Waals surface area (Å²) in [6.07, 6.45) is 10.1. The molecule has 1 heterocycles. The average molecular weight is 236 g/mol. The van der Waals surface area contributed by atoms with E-state index >= 15 is 0 Å². The number of nitrogens with zero attached hydrogens (tertiary/aromatic N) is 1. The second-order valence-electron chi connectivity index (χ2n) is 4.85. The van der Waals surface area contributed by atoms with Gasteiger partial charge in [0.15, 0.2) is 0 Å². The van der Waals surface area contributed by atoms with Crippen molar-refractivity contribution >= 4 is 6.03 Å². The van der Waals surface area contributed by atoms with Gasteiger partial charge in [0, 0.05) is 19.7 Å². The van der Waals surface area contributed by atoms with Crippen molar-refractivity contribution in [2.75, 3.05) is 26.2 Å². The maximum Gasteiger partial charge on any atom is 0.318 e. The first kappa shape index (κ1) is 12.3. The molecular formula is C13H20N2O2. The molecule has 1 aliphatic carbocycles. The first-order chi connectivity index (χ1) is 8.29. The van der Waals surface area contributed by atoms with Gasteiger partial charge < -0.3 is 15.0 Å². The minimum Gasteiger partial charge on any atom is -0.376 e. The molecule has 1 atom stereocenters. The van der Waals surface area contributed by atoms with E-state index < -0.39 is 0 Å². The fourth-order valence-corrected chi connectivity index (χ4v) is 2.06. The first-order valence-corrected chi connectivity index (χ1v) is 6.37. The molecule has 1 aliphatic heterocycles. The lowest BCUT2D eigenvalue weighted by atomic mass is 10.2. The third-order valence-corrected chi connectivity index (χ3v) is 3.25. The average Bonchev–Trinajstić information content (AvgIpc) is 2.99. The largest absolute Gasteiger partial charge is 0.376 e. The number of nitrogens with one attached hydrogen (secondary N) is 1. The van der Waals surface area contributed by atoms with Crippen LogP contribution in [0.2, 0.25) is 0 Å². The quantitative estimate of drug-likeness (QED) is 0.729. The molecule has 1 saturated heterocycles. The summed E-state index contributed by atoms with van der Waals surface area (Å²) in [5.74, 6) is 3.21. The minimum atomic E-state index is -0.0506. The van der Waals surface area contributed by atoms with Gasteiger partial charge >= 0.3 is 6.03 Å². The van der Waals surface area contributed by atoms with Gasteiger partial charge in [0.05, 0.1) is 12.6 Å². The van der Waals surface area contributed by atoms with E-state index in [4.69, 9.17) is 11.2 Å². The number of terminal acetylenes is 1. The Kier molecular flexibility index (Phi) is 4.27. The van der Waals surface area contributed by atoms with Crippen molar-refractivity contribution in [3.63, 3.8) is 0 Å². The van der Waals surface area contributed by atoms with Crippen molar-refractivity contribution in [2.45, 2.75) is 31.8 Å². The fourth-order valence-electron chi connectivity index (χ4n) is 2.06. The van der Waals surface area contributed by atoms with Gasteiger partial charge in [-0.15, -0.1) is 6.42 Å². The van der Waals surface area contributed by atoms with Gasteiger partial charge in [0.2, 0.25) is 0 Å². The van der Waals surface area contributed by atoms with Gasteiger partial charge in [0.25, 0.3) is 0 Å². The summed E-state index contributed by atoms with van der Waals surface area (Å²) in [5.41, 5.74) is 0. The molecule has 0 aromatic rings. The Labute approximate surface area is 103 Å². The third kappa shape index (κ3) is 3.94. The van der Waals surface area contributed by atoms with E-state index in [-0.39, 0.29) is 12.1 Å². The predicted octanol–water partition coefficient (Wildman–Crippen LogP) is 1.22. The molecule has 2 amide bonds. The molecule has 4 nitrogen and oxygen atoms in total. The van der Waals surface area contributed by atoms with E-state index in [9.17, 15) is 4.79 Å². The molecule has 0 radical (unpaired) electrons. The molecule has 0 aromatic heterocycles. The van der Waals surface area contributed by atoms with E-state index in [1.807, 2.05) is 0 Å². The van der Waals surface area contributed by atoms with Gasteiger partial charge in [-0.3, -0.25) is 0 Å². The standard InChI is InChI=1S/C13H20N2O2/c1-2-7-15(10-11-5-6-11)13(16)14-9-12-4-3-8-17-12/h1,11-12H,3-10H2,(H,14,16)/t12-/m1/s1. The number of carbonyl (C=O) groups is 1. The maximum absolute atomic E-state index is 11.9. The number of urea groups is 1. The highest BCUT2D eigenvalue weighted by Gasteiger charge is 2.26. The summed E-state index contributed by atoms with van der Waals surface area (Å²) < 4.78 is 5.46. The van der Waals surface area contributed by atoms with Crippen LogP contribution in [0.25, 0.3) is 0 Å². The summed E-state index contributed by atoms with van der Waals surface area (Å²) in [4.78, 5) is 13.6. The van der Waals surface area contributed by atoms with Crippen LogP contribution in [-0.2, 0) is 4.74 Å². The van der Waals surface area contributed by atoms with Crippen molar-refractivity contribution in [3.8, 4) is 12.3 Å². The van der Waals surface area contributed by atoms with Crippen molar-refractivity contribution < 1.29 is 9.53 Å². The Balaban J connectivity index is 1.72. The molecule has 17 heavy (non-hydrogen) atoms. The molecule has 0 unspecified atom stereocenters. The first-order valence-electron chi connectivity index (χ1n) is 6.37. The molecule has 2 fully saturated rings. The SMILES string of the molecule is C#CCN(CC1CC1)C(=O)NC[C@H]1CCCO1. The second-order valence-corrected chi connectivity index (χ2v) is 4.85. The summed E-state index contributed by atoms with van der Waals surface area (Å²) in [6, 6.07) is -0.0506. The van der Waals surface area contributed by atoms with Crippen LogP contribution in [0.15, 0.2) is 0 Å². The lowest BCUT2D eigenvalue weighted by Gasteiger charge is -2.21. The van der Waals surface area contributed by atoms with Gasteiger partial charge in [-0.25, -0.2) is 4.79 Å². The zero-order valence-electron chi connectivity index (χ0n) is 10.2. The van der Waals surface area contributed by atoms with Crippen molar-refractivity contribution in [3.05, 3.63) is 0 Å². The molecule has 94 valence electrons. The second kappa shape index (κ2) is 5.92. The fraction of sp³-hybridized carbons (Fsp3) is 0.769. The smallest absolute Gasteiger partial charge is 0.318 e. The Morgan fingerprint density at radius 2 is 2.29 bits per heavy atom. The number of ether oxygens (including phenoxy) is 1. The van der Waals surface area contributed by atoms with Crippen LogP contribution in [0.1, 0.15) is 25.7 Å². The molecule has 2 rings (SSSR count). The molecular weight excluding hydrogens is 216 g/mol. The number of hydrogen-bond acceptors (Lipinski definition) is 2. The van der Waals surface area contributed by atoms with Crippen LogP contribution in [0.4, 0.5) is 4.79 Å². The number of hydrogen-bond donors (Lipinski definition) is 1. The van der Waals surface area contributed by atoms with Crippen LogP contribution in [0.3, 0.4) is 0 Å². The molecule has 0 spiro atoms. The molecule has 1 N–H and O–H groups in total. The third-order valence-electron chi connectivity index (χ3n) is 3.25. The normalized spacial score (nSPS) is 23.1. The Morgan fingerprint density at radius 1 is 1.47 bits per heavy atom. The monoisotopic (exact) mass is 236 g/mol. The zero-order chi connectivity index (χ0) is 12.1. The molecule has 4 heteroatoms. The molecule has 0 aromatic carbocycles. The number of carbonyl (C=O) groups excluding carboxylic acids is 1. The van der Waals surface area contributed by atoms with Crippen LogP contribution in [-0.4, -0.2) is 43.3 Å². The van der Waals surface area contributed by atoms with Crippen LogP contribution < -0.4 is 5.32 Å². The van der Waals surface area contributed by atoms with Crippen molar-refractivity contribution in [1.82, 2.24) is 10.2 Å². The summed E-state index contributed by atoms with van der Waals surface area (Å²) in [7, 11) is 0. The lowest BCUT2D eigenvalue weighted by molar-refractivity contribution is 0.109. The summed E-state index contributed by atoms with van der Waals surface area (Å²) in [6.45, 7) is 2.61. The van der Waals surface area contributed by atoms with Crippen molar-refractivity contribution in [1.29, 1.82) is 0 Å². The van der Waals surface area contributed by atoms with Crippen LogP contribution >= 0.6 is 0 Å². The molecule has 0 bridgehead atoms. The van der Waals surface area contributed by atoms with E-state index in [0.717, 1.165) is 26.0 Å². The van der Waals surface area contributed by atoms with Crippen molar-refractivity contribution in [2.24, 2.45) is 5.92 Å². The number of amides is 2. The summed E-state index contributed by atoms with van der Waals surface area (Å²) in [5, 5.41) is 2.91. The topological polar surface area (TPSA) is 41.6 Å². The molecule has 2 aliphatic rings. The molecule has 1 saturated carbocycles. The van der Waals surface area contributed by atoms with Crippen LogP contribution in [0.5, 0.6) is 0 Å². The highest BCUT2D eigenvalue weighted by molar-refractivity contribution is 5.74. The van der Waals surface area contributed by atoms with E-state index in [1.54, 1.807) is 4.90 Å². The van der Waals surface area contributed by atoms with E-state index in [2.05, 4.69) is 11.2 Å². The highest BCUT2D eigenvalue weighted by atomic mass is 16.5. The highest BCUT2D eigenvalue weighted by Crippen LogP contribution is 2.29. The van der Waals surface area contributed by atoms with Crippen LogP contribution in [0, 0.1) is 18.3 Å². The predicted molar refractivity (Wildman–Crippen MR) is 65.5 cm³/mol. The van der Waals surface area contributed by atoms with Gasteiger partial charge in [-0.05, 0) is 31.6 Å².